The molecule has 0 unspecified atom stereocenters. The molecule has 100 valence electrons. The van der Waals surface area contributed by atoms with Gasteiger partial charge in [0.2, 0.25) is 5.91 Å². The molecule has 0 saturated heterocycles. The van der Waals surface area contributed by atoms with Crippen LogP contribution < -0.4 is 5.32 Å². The SMILES string of the molecule is C[SH](C)C[C@H]1CC[C@@H](NC(=O)C2CCC2)CC1. The van der Waals surface area contributed by atoms with Gasteiger partial charge in [0.15, 0.2) is 0 Å². The first-order valence-corrected chi connectivity index (χ1v) is 9.52. The van der Waals surface area contributed by atoms with Gasteiger partial charge in [-0.3, -0.25) is 15.7 Å². The van der Waals surface area contributed by atoms with E-state index in [1.807, 2.05) is 0 Å². The summed E-state index contributed by atoms with van der Waals surface area (Å²) < 4.78 is 0. The Balaban J connectivity index is 1.66. The summed E-state index contributed by atoms with van der Waals surface area (Å²) in [5.41, 5.74) is 0. The maximum absolute atomic E-state index is 11.8. The number of nitrogens with one attached hydrogen (secondary N) is 1. The molecule has 2 aliphatic carbocycles. The number of hydrogen-bond donors (Lipinski definition) is 2. The van der Waals surface area contributed by atoms with Crippen molar-refractivity contribution < 1.29 is 4.79 Å². The third kappa shape index (κ3) is 3.90. The first kappa shape index (κ1) is 13.3. The van der Waals surface area contributed by atoms with Crippen LogP contribution in [0.3, 0.4) is 0 Å². The molecule has 0 atom stereocenters. The molecule has 0 aliphatic heterocycles. The Hall–Kier alpha value is -0.180. The van der Waals surface area contributed by atoms with Crippen molar-refractivity contribution in [3.8, 4) is 0 Å². The first-order chi connectivity index (χ1) is 8.15. The predicted octanol–water partition coefficient (Wildman–Crippen LogP) is 2.72. The quantitative estimate of drug-likeness (QED) is 0.745. The molecule has 0 aromatic rings. The smallest absolute Gasteiger partial charge is 0.223 e. The van der Waals surface area contributed by atoms with E-state index >= 15 is 0 Å². The van der Waals surface area contributed by atoms with Gasteiger partial charge in [0.05, 0.1) is 0 Å². The molecule has 2 nitrogen and oxygen atoms in total. The summed E-state index contributed by atoms with van der Waals surface area (Å²) in [6.07, 6.45) is 13.3. The fourth-order valence-electron chi connectivity index (χ4n) is 3.00. The van der Waals surface area contributed by atoms with E-state index in [-0.39, 0.29) is 10.9 Å². The number of carbonyl (C=O) groups is 1. The minimum Gasteiger partial charge on any atom is -0.353 e. The van der Waals surface area contributed by atoms with Crippen LogP contribution >= 0.6 is 10.9 Å². The van der Waals surface area contributed by atoms with E-state index in [2.05, 4.69) is 17.8 Å². The Morgan fingerprint density at radius 2 is 1.76 bits per heavy atom. The van der Waals surface area contributed by atoms with Gasteiger partial charge in [0, 0.05) is 12.0 Å². The average Bonchev–Trinajstić information content (AvgIpc) is 2.17. The summed E-state index contributed by atoms with van der Waals surface area (Å²) in [6.45, 7) is 0. The summed E-state index contributed by atoms with van der Waals surface area (Å²) in [5, 5.41) is 3.26. The summed E-state index contributed by atoms with van der Waals surface area (Å²) in [6, 6.07) is 0.485. The van der Waals surface area contributed by atoms with E-state index < -0.39 is 0 Å². The van der Waals surface area contributed by atoms with Crippen molar-refractivity contribution in [2.45, 2.75) is 51.0 Å². The molecular weight excluding hydrogens is 230 g/mol. The maximum Gasteiger partial charge on any atom is 0.223 e. The van der Waals surface area contributed by atoms with Gasteiger partial charge >= 0.3 is 0 Å². The van der Waals surface area contributed by atoms with Crippen LogP contribution in [-0.2, 0) is 4.79 Å². The lowest BCUT2D eigenvalue weighted by Crippen LogP contribution is -2.42. The zero-order valence-electron chi connectivity index (χ0n) is 11.2. The normalized spacial score (nSPS) is 30.6. The third-order valence-electron chi connectivity index (χ3n) is 4.29. The molecule has 2 aliphatic rings. The Bertz CT molecular complexity index is 255. The molecule has 1 amide bonds. The monoisotopic (exact) mass is 257 g/mol. The number of amides is 1. The van der Waals surface area contributed by atoms with Crippen molar-refractivity contribution in [1.29, 1.82) is 0 Å². The highest BCUT2D eigenvalue weighted by Crippen LogP contribution is 2.31. The zero-order chi connectivity index (χ0) is 12.3. The Labute approximate surface area is 108 Å². The van der Waals surface area contributed by atoms with Gasteiger partial charge in [-0.1, -0.05) is 6.42 Å². The number of rotatable bonds is 4. The van der Waals surface area contributed by atoms with Gasteiger partial charge in [-0.15, -0.1) is 0 Å². The van der Waals surface area contributed by atoms with E-state index in [1.165, 1.54) is 37.9 Å². The lowest BCUT2D eigenvalue weighted by Gasteiger charge is -2.33. The largest absolute Gasteiger partial charge is 0.353 e. The molecule has 0 aromatic carbocycles. The van der Waals surface area contributed by atoms with Crippen molar-refractivity contribution in [3.63, 3.8) is 0 Å². The molecule has 3 heteroatoms. The fourth-order valence-corrected chi connectivity index (χ4v) is 4.39. The molecule has 0 bridgehead atoms. The minimum atomic E-state index is 0.255. The summed E-state index contributed by atoms with van der Waals surface area (Å²) in [7, 11) is 0.255. The molecule has 2 fully saturated rings. The standard InChI is InChI=1S/C14H27NOS/c1-17(2)10-11-6-8-13(9-7-11)15-14(16)12-4-3-5-12/h11-13,17H,3-10H2,1-2H3,(H,15,16)/t11-,13+. The van der Waals surface area contributed by atoms with E-state index in [9.17, 15) is 4.79 Å². The Morgan fingerprint density at radius 1 is 1.12 bits per heavy atom. The van der Waals surface area contributed by atoms with E-state index in [0.29, 0.717) is 17.9 Å². The van der Waals surface area contributed by atoms with Gasteiger partial charge in [-0.25, -0.2) is 0 Å². The molecule has 17 heavy (non-hydrogen) atoms. The van der Waals surface area contributed by atoms with Gasteiger partial charge in [0.1, 0.15) is 0 Å². The van der Waals surface area contributed by atoms with Crippen molar-refractivity contribution in [3.05, 3.63) is 0 Å². The number of thiol groups is 1. The van der Waals surface area contributed by atoms with Crippen LogP contribution in [0.2, 0.25) is 0 Å². The zero-order valence-corrected chi connectivity index (χ0v) is 12.1. The highest BCUT2D eigenvalue weighted by atomic mass is 32.2. The number of carbonyl (C=O) groups excluding carboxylic acids is 1. The third-order valence-corrected chi connectivity index (χ3v) is 5.54. The first-order valence-electron chi connectivity index (χ1n) is 7.10. The lowest BCUT2D eigenvalue weighted by molar-refractivity contribution is -0.128. The van der Waals surface area contributed by atoms with Crippen LogP contribution in [0.1, 0.15) is 44.9 Å². The maximum atomic E-state index is 11.8. The number of hydrogen-bond acceptors (Lipinski definition) is 1. The molecule has 0 heterocycles. The summed E-state index contributed by atoms with van der Waals surface area (Å²) in [5.74, 6) is 3.06. The van der Waals surface area contributed by atoms with Crippen molar-refractivity contribution >= 4 is 16.8 Å². The highest BCUT2D eigenvalue weighted by molar-refractivity contribution is 8.15. The highest BCUT2D eigenvalue weighted by Gasteiger charge is 2.28. The van der Waals surface area contributed by atoms with Crippen LogP contribution in [0.15, 0.2) is 0 Å². The van der Waals surface area contributed by atoms with Gasteiger partial charge in [-0.2, -0.15) is 0 Å². The second kappa shape index (κ2) is 6.12. The molecule has 2 saturated carbocycles. The Kier molecular flexibility index (Phi) is 4.78. The van der Waals surface area contributed by atoms with Gasteiger partial charge < -0.3 is 5.32 Å². The van der Waals surface area contributed by atoms with Gasteiger partial charge in [-0.05, 0) is 62.7 Å². The van der Waals surface area contributed by atoms with Crippen molar-refractivity contribution in [1.82, 2.24) is 5.32 Å². The fraction of sp³-hybridized carbons (Fsp3) is 0.929. The summed E-state index contributed by atoms with van der Waals surface area (Å²) in [4.78, 5) is 11.8. The molecule has 0 aromatic heterocycles. The van der Waals surface area contributed by atoms with E-state index in [0.717, 1.165) is 18.8 Å². The van der Waals surface area contributed by atoms with E-state index in [1.54, 1.807) is 0 Å². The predicted molar refractivity (Wildman–Crippen MR) is 76.9 cm³/mol. The second-order valence-corrected chi connectivity index (χ2v) is 8.64. The van der Waals surface area contributed by atoms with Gasteiger partial charge in [0.25, 0.3) is 0 Å². The molecule has 2 rings (SSSR count). The van der Waals surface area contributed by atoms with Crippen LogP contribution in [0.4, 0.5) is 0 Å². The molecule has 0 radical (unpaired) electrons. The van der Waals surface area contributed by atoms with Crippen LogP contribution in [0.5, 0.6) is 0 Å². The summed E-state index contributed by atoms with van der Waals surface area (Å²) >= 11 is 0. The van der Waals surface area contributed by atoms with Crippen LogP contribution in [-0.4, -0.2) is 30.2 Å². The van der Waals surface area contributed by atoms with Crippen molar-refractivity contribution in [2.75, 3.05) is 18.3 Å². The second-order valence-electron chi connectivity index (χ2n) is 6.12. The minimum absolute atomic E-state index is 0.255. The van der Waals surface area contributed by atoms with Crippen molar-refractivity contribution in [2.24, 2.45) is 11.8 Å². The molecule has 0 spiro atoms. The Morgan fingerprint density at radius 3 is 2.24 bits per heavy atom. The average molecular weight is 257 g/mol. The lowest BCUT2D eigenvalue weighted by atomic mass is 9.83. The molecule has 1 N–H and O–H groups in total. The van der Waals surface area contributed by atoms with E-state index in [4.69, 9.17) is 0 Å². The molecular formula is C14H27NOS. The van der Waals surface area contributed by atoms with Crippen LogP contribution in [0, 0.1) is 11.8 Å². The topological polar surface area (TPSA) is 29.1 Å². The van der Waals surface area contributed by atoms with Crippen LogP contribution in [0.25, 0.3) is 0 Å².